The minimum absolute atomic E-state index is 0.134. The first-order chi connectivity index (χ1) is 13.4. The van der Waals surface area contributed by atoms with Gasteiger partial charge in [0.1, 0.15) is 11.4 Å². The fourth-order valence-electron chi connectivity index (χ4n) is 4.41. The highest BCUT2D eigenvalue weighted by molar-refractivity contribution is 6.06. The molecule has 0 aliphatic carbocycles. The summed E-state index contributed by atoms with van der Waals surface area (Å²) in [6.07, 6.45) is 3.04. The van der Waals surface area contributed by atoms with Crippen molar-refractivity contribution in [1.82, 2.24) is 24.7 Å². The van der Waals surface area contributed by atoms with Crippen molar-refractivity contribution in [3.63, 3.8) is 0 Å². The third kappa shape index (κ3) is 3.28. The van der Waals surface area contributed by atoms with Gasteiger partial charge in [0, 0.05) is 38.6 Å². The summed E-state index contributed by atoms with van der Waals surface area (Å²) in [4.78, 5) is 32.9. The molecule has 0 bridgehead atoms. The van der Waals surface area contributed by atoms with Gasteiger partial charge in [-0.25, -0.2) is 9.78 Å². The monoisotopic (exact) mass is 383 g/mol. The number of piperidine rings is 1. The van der Waals surface area contributed by atoms with Crippen LogP contribution in [0, 0.1) is 0 Å². The second kappa shape index (κ2) is 7.20. The fraction of sp³-hybridized carbons (Fsp3) is 0.571. The quantitative estimate of drug-likeness (QED) is 0.806. The number of fused-ring (bicyclic) bond motifs is 1. The zero-order chi connectivity index (χ0) is 19.9. The van der Waals surface area contributed by atoms with Crippen molar-refractivity contribution < 1.29 is 9.59 Å². The first-order valence-corrected chi connectivity index (χ1v) is 10.2. The van der Waals surface area contributed by atoms with Crippen LogP contribution in [-0.4, -0.2) is 63.0 Å². The largest absolute Gasteiger partial charge is 0.325 e. The fourth-order valence-corrected chi connectivity index (χ4v) is 4.41. The first-order valence-electron chi connectivity index (χ1n) is 10.2. The van der Waals surface area contributed by atoms with Gasteiger partial charge in [0.05, 0.1) is 11.0 Å². The molecule has 28 heavy (non-hydrogen) atoms. The Bertz CT molecular complexity index is 895. The second-order valence-corrected chi connectivity index (χ2v) is 8.33. The number of urea groups is 1. The van der Waals surface area contributed by atoms with Gasteiger partial charge in [0.15, 0.2) is 0 Å². The molecule has 1 aromatic heterocycles. The average Bonchev–Trinajstić information content (AvgIpc) is 3.15. The lowest BCUT2D eigenvalue weighted by molar-refractivity contribution is -0.130. The topological polar surface area (TPSA) is 70.5 Å². The minimum Gasteiger partial charge on any atom is -0.325 e. The number of imide groups is 1. The van der Waals surface area contributed by atoms with Crippen molar-refractivity contribution in [2.24, 2.45) is 0 Å². The highest BCUT2D eigenvalue weighted by Crippen LogP contribution is 2.29. The summed E-state index contributed by atoms with van der Waals surface area (Å²) in [5, 5.41) is 2.74. The maximum absolute atomic E-state index is 12.3. The number of aromatic nitrogens is 2. The Morgan fingerprint density at radius 3 is 2.50 bits per heavy atom. The number of likely N-dealkylation sites (tertiary alicyclic amines) is 1. The Kier molecular flexibility index (Phi) is 4.87. The van der Waals surface area contributed by atoms with E-state index in [1.54, 1.807) is 13.8 Å². The average molecular weight is 383 g/mol. The van der Waals surface area contributed by atoms with E-state index in [0.29, 0.717) is 12.6 Å². The molecule has 2 saturated heterocycles. The molecule has 150 valence electrons. The molecule has 2 fully saturated rings. The van der Waals surface area contributed by atoms with Crippen LogP contribution < -0.4 is 5.32 Å². The molecular formula is C21H29N5O2. The maximum Gasteiger partial charge on any atom is 0.325 e. The number of carbonyl (C=O) groups excluding carboxylic acids is 2. The number of para-hydroxylation sites is 2. The van der Waals surface area contributed by atoms with E-state index < -0.39 is 5.54 Å². The van der Waals surface area contributed by atoms with Crippen LogP contribution >= 0.6 is 0 Å². The molecule has 0 spiro atoms. The zero-order valence-electron chi connectivity index (χ0n) is 16.9. The lowest BCUT2D eigenvalue weighted by atomic mass is 10.0. The summed E-state index contributed by atoms with van der Waals surface area (Å²) in [7, 11) is 0. The van der Waals surface area contributed by atoms with Crippen LogP contribution in [0.2, 0.25) is 0 Å². The second-order valence-electron chi connectivity index (χ2n) is 8.33. The summed E-state index contributed by atoms with van der Waals surface area (Å²) in [5.41, 5.74) is 1.51. The third-order valence-electron chi connectivity index (χ3n) is 5.99. The van der Waals surface area contributed by atoms with Gasteiger partial charge in [0.2, 0.25) is 0 Å². The molecule has 4 rings (SSSR count). The number of rotatable bonds is 5. The van der Waals surface area contributed by atoms with Crippen LogP contribution in [0.3, 0.4) is 0 Å². The van der Waals surface area contributed by atoms with E-state index in [-0.39, 0.29) is 11.9 Å². The molecule has 7 heteroatoms. The Labute approximate surface area is 165 Å². The molecule has 2 aliphatic heterocycles. The van der Waals surface area contributed by atoms with E-state index in [4.69, 9.17) is 4.98 Å². The molecule has 0 unspecified atom stereocenters. The summed E-state index contributed by atoms with van der Waals surface area (Å²) in [5.74, 6) is 1.02. The molecule has 0 radical (unpaired) electrons. The van der Waals surface area contributed by atoms with Crippen molar-refractivity contribution >= 4 is 23.0 Å². The van der Waals surface area contributed by atoms with Crippen LogP contribution in [0.25, 0.3) is 11.0 Å². The summed E-state index contributed by atoms with van der Waals surface area (Å²) in [6.45, 7) is 8.77. The predicted octanol–water partition coefficient (Wildman–Crippen LogP) is 2.57. The van der Waals surface area contributed by atoms with E-state index in [0.717, 1.165) is 50.2 Å². The number of aryl methyl sites for hydroxylation is 1. The Morgan fingerprint density at radius 1 is 1.14 bits per heavy atom. The van der Waals surface area contributed by atoms with Gasteiger partial charge < -0.3 is 14.8 Å². The van der Waals surface area contributed by atoms with Crippen molar-refractivity contribution in [2.75, 3.05) is 26.2 Å². The van der Waals surface area contributed by atoms with Gasteiger partial charge in [-0.05, 0) is 38.8 Å². The van der Waals surface area contributed by atoms with Crippen LogP contribution in [-0.2, 0) is 11.2 Å². The maximum atomic E-state index is 12.3. The summed E-state index contributed by atoms with van der Waals surface area (Å²) in [6, 6.07) is 8.54. The van der Waals surface area contributed by atoms with E-state index in [9.17, 15) is 9.59 Å². The highest BCUT2D eigenvalue weighted by Gasteiger charge is 2.44. The molecule has 2 aromatic rings. The summed E-state index contributed by atoms with van der Waals surface area (Å²) >= 11 is 0. The zero-order valence-corrected chi connectivity index (χ0v) is 16.9. The Hall–Kier alpha value is -2.41. The number of amides is 3. The lowest BCUT2D eigenvalue weighted by Gasteiger charge is -2.34. The number of hydrogen-bond acceptors (Lipinski definition) is 4. The van der Waals surface area contributed by atoms with E-state index in [2.05, 4.69) is 39.9 Å². The van der Waals surface area contributed by atoms with Gasteiger partial charge in [-0.1, -0.05) is 19.1 Å². The van der Waals surface area contributed by atoms with Crippen molar-refractivity contribution in [3.8, 4) is 0 Å². The standard InChI is InChI=1S/C21H29N5O2/c1-4-18-22-16-7-5-6-8-17(16)26(18)15-9-11-24(12-10-15)13-14-25-19(27)21(2,3)23-20(25)28/h5-8,15H,4,9-14H2,1-3H3,(H,23,28). The smallest absolute Gasteiger partial charge is 0.325 e. The molecule has 7 nitrogen and oxygen atoms in total. The van der Waals surface area contributed by atoms with E-state index >= 15 is 0 Å². The Balaban J connectivity index is 1.38. The molecule has 3 heterocycles. The highest BCUT2D eigenvalue weighted by atomic mass is 16.2. The van der Waals surface area contributed by atoms with Gasteiger partial charge in [0.25, 0.3) is 5.91 Å². The molecule has 2 aliphatic rings. The number of nitrogens with zero attached hydrogens (tertiary/aromatic N) is 4. The van der Waals surface area contributed by atoms with Crippen molar-refractivity contribution in [2.45, 2.75) is 51.6 Å². The minimum atomic E-state index is -0.789. The summed E-state index contributed by atoms with van der Waals surface area (Å²) < 4.78 is 2.42. The van der Waals surface area contributed by atoms with Gasteiger partial charge in [-0.15, -0.1) is 0 Å². The van der Waals surface area contributed by atoms with Crippen molar-refractivity contribution in [3.05, 3.63) is 30.1 Å². The van der Waals surface area contributed by atoms with Crippen molar-refractivity contribution in [1.29, 1.82) is 0 Å². The van der Waals surface area contributed by atoms with Gasteiger partial charge >= 0.3 is 6.03 Å². The van der Waals surface area contributed by atoms with Crippen LogP contribution in [0.1, 0.15) is 45.5 Å². The van der Waals surface area contributed by atoms with E-state index in [1.807, 2.05) is 6.07 Å². The van der Waals surface area contributed by atoms with Crippen LogP contribution in [0.4, 0.5) is 4.79 Å². The molecule has 0 atom stereocenters. The number of benzene rings is 1. The number of hydrogen-bond donors (Lipinski definition) is 1. The third-order valence-corrected chi connectivity index (χ3v) is 5.99. The normalized spacial score (nSPS) is 20.9. The Morgan fingerprint density at radius 2 is 1.86 bits per heavy atom. The van der Waals surface area contributed by atoms with E-state index in [1.165, 1.54) is 10.4 Å². The van der Waals surface area contributed by atoms with Crippen LogP contribution in [0.5, 0.6) is 0 Å². The molecule has 3 amide bonds. The molecule has 0 saturated carbocycles. The molecule has 1 N–H and O–H groups in total. The lowest BCUT2D eigenvalue weighted by Crippen LogP contribution is -2.43. The SMILES string of the molecule is CCc1nc2ccccc2n1C1CCN(CCN2C(=O)NC(C)(C)C2=O)CC1. The van der Waals surface area contributed by atoms with Crippen LogP contribution in [0.15, 0.2) is 24.3 Å². The molecular weight excluding hydrogens is 354 g/mol. The molecule has 1 aromatic carbocycles. The number of imidazole rings is 1. The van der Waals surface area contributed by atoms with Gasteiger partial charge in [-0.2, -0.15) is 0 Å². The predicted molar refractivity (Wildman–Crippen MR) is 108 cm³/mol. The van der Waals surface area contributed by atoms with Gasteiger partial charge in [-0.3, -0.25) is 9.69 Å². The number of carbonyl (C=O) groups is 2. The number of nitrogens with one attached hydrogen (secondary N) is 1. The first kappa shape index (κ1) is 18.9.